The molecule has 0 amide bonds. The van der Waals surface area contributed by atoms with Gasteiger partial charge in [0, 0.05) is 0 Å². The van der Waals surface area contributed by atoms with Gasteiger partial charge in [0.2, 0.25) is 0 Å². The van der Waals surface area contributed by atoms with Gasteiger partial charge in [-0.2, -0.15) is 0 Å². The van der Waals surface area contributed by atoms with Gasteiger partial charge < -0.3 is 18.9 Å². The third kappa shape index (κ3) is 5.49. The highest BCUT2D eigenvalue weighted by atomic mass is 16.6. The maximum atomic E-state index is 6.12. The molecule has 2 aliphatic heterocycles. The van der Waals surface area contributed by atoms with E-state index >= 15 is 0 Å². The molecular weight excluding hydrogens is 520 g/mol. The van der Waals surface area contributed by atoms with Crippen LogP contribution in [0.1, 0.15) is 44.5 Å². The van der Waals surface area contributed by atoms with Crippen LogP contribution in [0.2, 0.25) is 0 Å². The van der Waals surface area contributed by atoms with Gasteiger partial charge in [-0.15, -0.1) is 0 Å². The van der Waals surface area contributed by atoms with Crippen molar-refractivity contribution >= 4 is 21.5 Å². The molecule has 2 aliphatic rings. The molecule has 2 heterocycles. The summed E-state index contributed by atoms with van der Waals surface area (Å²) >= 11 is 0. The van der Waals surface area contributed by atoms with Crippen LogP contribution in [0.4, 0.5) is 0 Å². The van der Waals surface area contributed by atoms with Crippen LogP contribution in [-0.4, -0.2) is 38.6 Å². The molecule has 2 fully saturated rings. The zero-order chi connectivity index (χ0) is 28.8. The lowest BCUT2D eigenvalue weighted by Gasteiger charge is -2.19. The minimum atomic E-state index is 0.251. The molecule has 7 rings (SSSR count). The van der Waals surface area contributed by atoms with E-state index in [1.165, 1.54) is 66.1 Å². The summed E-state index contributed by atoms with van der Waals surface area (Å²) < 4.78 is 22.9. The molecular formula is C38H38O4. The first-order valence-electron chi connectivity index (χ1n) is 15.0. The van der Waals surface area contributed by atoms with E-state index in [1.807, 2.05) is 0 Å². The number of benzene rings is 5. The van der Waals surface area contributed by atoms with Crippen LogP contribution in [0.3, 0.4) is 0 Å². The average molecular weight is 559 g/mol. The maximum Gasteiger partial charge on any atom is 0.125 e. The molecule has 4 nitrogen and oxygen atoms in total. The molecule has 214 valence electrons. The minimum Gasteiger partial charge on any atom is -0.490 e. The molecule has 0 N–H and O–H groups in total. The monoisotopic (exact) mass is 558 g/mol. The van der Waals surface area contributed by atoms with Gasteiger partial charge in [-0.1, -0.05) is 72.8 Å². The van der Waals surface area contributed by atoms with Crippen molar-refractivity contribution in [2.75, 3.05) is 26.4 Å². The van der Waals surface area contributed by atoms with Crippen LogP contribution in [0.15, 0.2) is 72.8 Å². The number of fused-ring (bicyclic) bond motifs is 2. The van der Waals surface area contributed by atoms with Gasteiger partial charge in [0.25, 0.3) is 0 Å². The van der Waals surface area contributed by atoms with Crippen LogP contribution in [-0.2, 0) is 22.3 Å². The van der Waals surface area contributed by atoms with Gasteiger partial charge in [0.15, 0.2) is 0 Å². The Morgan fingerprint density at radius 1 is 0.548 bits per heavy atom. The molecule has 4 heteroatoms. The Labute approximate surface area is 248 Å². The highest BCUT2D eigenvalue weighted by Crippen LogP contribution is 2.37. The van der Waals surface area contributed by atoms with E-state index in [-0.39, 0.29) is 12.2 Å². The van der Waals surface area contributed by atoms with Crippen LogP contribution < -0.4 is 9.47 Å². The predicted molar refractivity (Wildman–Crippen MR) is 169 cm³/mol. The SMILES string of the molecule is Cc1cc(Cc2c3ccccc3c(Cc3cc(C)c(OCC4CO4)c(C)c3)c3ccccc23)cc(C)c1OCC1CO1. The van der Waals surface area contributed by atoms with Crippen LogP contribution in [0.25, 0.3) is 21.5 Å². The summed E-state index contributed by atoms with van der Waals surface area (Å²) in [6, 6.07) is 27.0. The first-order chi connectivity index (χ1) is 20.4. The molecule has 0 bridgehead atoms. The lowest BCUT2D eigenvalue weighted by atomic mass is 9.86. The number of hydrogen-bond acceptors (Lipinski definition) is 4. The zero-order valence-corrected chi connectivity index (χ0v) is 25.0. The number of rotatable bonds is 10. The van der Waals surface area contributed by atoms with E-state index in [4.69, 9.17) is 18.9 Å². The van der Waals surface area contributed by atoms with E-state index in [1.54, 1.807) is 0 Å². The van der Waals surface area contributed by atoms with Crippen molar-refractivity contribution in [3.05, 3.63) is 117 Å². The smallest absolute Gasteiger partial charge is 0.125 e. The average Bonchev–Trinajstić information content (AvgIpc) is 3.90. The third-order valence-electron chi connectivity index (χ3n) is 8.59. The summed E-state index contributed by atoms with van der Waals surface area (Å²) in [6.07, 6.45) is 2.23. The standard InChI is InChI=1S/C38H38O4/c1-23-13-27(14-24(2)37(23)41-21-29-19-39-29)17-35-31-9-5-7-11-33(31)36(34-12-8-6-10-32(34)35)18-28-15-25(3)38(26(4)16-28)42-22-30-20-40-30/h5-16,29-30H,17-22H2,1-4H3. The summed E-state index contributed by atoms with van der Waals surface area (Å²) in [5, 5.41) is 5.30. The van der Waals surface area contributed by atoms with E-state index < -0.39 is 0 Å². The Kier molecular flexibility index (Phi) is 7.13. The van der Waals surface area contributed by atoms with Crippen molar-refractivity contribution in [3.8, 4) is 11.5 Å². The quantitative estimate of drug-likeness (QED) is 0.129. The van der Waals surface area contributed by atoms with E-state index in [2.05, 4.69) is 100 Å². The van der Waals surface area contributed by atoms with Crippen molar-refractivity contribution in [2.45, 2.75) is 52.7 Å². The number of epoxide rings is 2. The molecule has 5 aromatic rings. The third-order valence-corrected chi connectivity index (χ3v) is 8.59. The number of aryl methyl sites for hydroxylation is 4. The van der Waals surface area contributed by atoms with Gasteiger partial charge >= 0.3 is 0 Å². The lowest BCUT2D eigenvalue weighted by molar-refractivity contribution is 0.260. The first-order valence-corrected chi connectivity index (χ1v) is 15.0. The fourth-order valence-corrected chi connectivity index (χ4v) is 6.52. The largest absolute Gasteiger partial charge is 0.490 e. The van der Waals surface area contributed by atoms with Gasteiger partial charge in [-0.25, -0.2) is 0 Å². The maximum absolute atomic E-state index is 6.12. The van der Waals surface area contributed by atoms with Gasteiger partial charge in [-0.05, 0) is 107 Å². The molecule has 2 saturated heterocycles. The zero-order valence-electron chi connectivity index (χ0n) is 25.0. The van der Waals surface area contributed by atoms with Crippen molar-refractivity contribution in [2.24, 2.45) is 0 Å². The van der Waals surface area contributed by atoms with Crippen LogP contribution in [0.5, 0.6) is 11.5 Å². The van der Waals surface area contributed by atoms with Crippen LogP contribution in [0, 0.1) is 27.7 Å². The Morgan fingerprint density at radius 2 is 0.857 bits per heavy atom. The summed E-state index contributed by atoms with van der Waals surface area (Å²) in [6.45, 7) is 11.5. The fraction of sp³-hybridized carbons (Fsp3) is 0.316. The molecule has 5 aromatic carbocycles. The second-order valence-electron chi connectivity index (χ2n) is 12.1. The molecule has 0 aromatic heterocycles. The fourth-order valence-electron chi connectivity index (χ4n) is 6.52. The molecule has 0 saturated carbocycles. The Balaban J connectivity index is 1.26. The summed E-state index contributed by atoms with van der Waals surface area (Å²) in [5.74, 6) is 1.98. The number of ether oxygens (including phenoxy) is 4. The first kappa shape index (κ1) is 27.0. The minimum absolute atomic E-state index is 0.251. The number of hydrogen-bond donors (Lipinski definition) is 0. The lowest BCUT2D eigenvalue weighted by Crippen LogP contribution is -2.07. The molecule has 2 atom stereocenters. The van der Waals surface area contributed by atoms with Crippen molar-refractivity contribution < 1.29 is 18.9 Å². The van der Waals surface area contributed by atoms with E-state index in [0.29, 0.717) is 13.2 Å². The molecule has 0 spiro atoms. The van der Waals surface area contributed by atoms with Crippen molar-refractivity contribution in [1.29, 1.82) is 0 Å². The van der Waals surface area contributed by atoms with Crippen molar-refractivity contribution in [1.82, 2.24) is 0 Å². The van der Waals surface area contributed by atoms with E-state index in [9.17, 15) is 0 Å². The molecule has 2 unspecified atom stereocenters. The summed E-state index contributed by atoms with van der Waals surface area (Å²) in [5.41, 5.74) is 10.1. The van der Waals surface area contributed by atoms with Gasteiger partial charge in [0.05, 0.1) is 13.2 Å². The van der Waals surface area contributed by atoms with Gasteiger partial charge in [-0.3, -0.25) is 0 Å². The van der Waals surface area contributed by atoms with Gasteiger partial charge in [0.1, 0.15) is 36.9 Å². The van der Waals surface area contributed by atoms with Crippen LogP contribution >= 0.6 is 0 Å². The summed E-state index contributed by atoms with van der Waals surface area (Å²) in [7, 11) is 0. The van der Waals surface area contributed by atoms with Crippen molar-refractivity contribution in [3.63, 3.8) is 0 Å². The molecule has 0 aliphatic carbocycles. The Morgan fingerprint density at radius 3 is 1.14 bits per heavy atom. The Bertz CT molecular complexity index is 1560. The second-order valence-corrected chi connectivity index (χ2v) is 12.1. The topological polar surface area (TPSA) is 43.5 Å². The normalized spacial score (nSPS) is 17.5. The predicted octanol–water partition coefficient (Wildman–Crippen LogP) is 7.96. The second kappa shape index (κ2) is 11.1. The molecule has 0 radical (unpaired) electrons. The molecule has 42 heavy (non-hydrogen) atoms. The summed E-state index contributed by atoms with van der Waals surface area (Å²) in [4.78, 5) is 0. The highest BCUT2D eigenvalue weighted by molar-refractivity contribution is 6.06. The van der Waals surface area contributed by atoms with E-state index in [0.717, 1.165) is 37.6 Å². The Hall–Kier alpha value is -3.86. The highest BCUT2D eigenvalue weighted by Gasteiger charge is 2.25.